The Morgan fingerprint density at radius 2 is 1.29 bits per heavy atom. The zero-order valence-corrected chi connectivity index (χ0v) is 10.1. The number of halogens is 7. The molecular weight excluding hydrogens is 303 g/mol. The van der Waals surface area contributed by atoms with Crippen molar-refractivity contribution in [2.45, 2.75) is 12.4 Å². The standard InChI is InChI=1S/C13H6F7N/c14-11-9(5-6-10(21-11)13(18,19)20)7-1-3-8(4-2-7)12(15,16)17/h1-6H. The van der Waals surface area contributed by atoms with Crippen LogP contribution in [0, 0.1) is 5.95 Å². The van der Waals surface area contributed by atoms with Crippen molar-refractivity contribution < 1.29 is 30.7 Å². The molecule has 1 nitrogen and oxygen atoms in total. The quantitative estimate of drug-likeness (QED) is 0.538. The molecule has 0 spiro atoms. The highest BCUT2D eigenvalue weighted by Crippen LogP contribution is 2.33. The van der Waals surface area contributed by atoms with Gasteiger partial charge in [0.2, 0.25) is 5.95 Å². The molecule has 0 aliphatic heterocycles. The minimum absolute atomic E-state index is 0.00160. The fraction of sp³-hybridized carbons (Fsp3) is 0.154. The summed E-state index contributed by atoms with van der Waals surface area (Å²) < 4.78 is 87.7. The predicted octanol–water partition coefficient (Wildman–Crippen LogP) is 4.93. The van der Waals surface area contributed by atoms with E-state index in [1.165, 1.54) is 0 Å². The SMILES string of the molecule is Fc1nc(C(F)(F)F)ccc1-c1ccc(C(F)(F)F)cc1. The maximum absolute atomic E-state index is 13.6. The monoisotopic (exact) mass is 309 g/mol. The first-order valence-corrected chi connectivity index (χ1v) is 5.50. The lowest BCUT2D eigenvalue weighted by Gasteiger charge is -2.10. The highest BCUT2D eigenvalue weighted by Gasteiger charge is 2.33. The largest absolute Gasteiger partial charge is 0.433 e. The van der Waals surface area contributed by atoms with Gasteiger partial charge < -0.3 is 0 Å². The maximum Gasteiger partial charge on any atom is 0.433 e. The molecule has 0 aliphatic carbocycles. The summed E-state index contributed by atoms with van der Waals surface area (Å²) in [4.78, 5) is 2.78. The lowest BCUT2D eigenvalue weighted by Crippen LogP contribution is -2.09. The Balaban J connectivity index is 2.39. The molecule has 0 bridgehead atoms. The van der Waals surface area contributed by atoms with Crippen molar-refractivity contribution in [1.82, 2.24) is 4.98 Å². The lowest BCUT2D eigenvalue weighted by molar-refractivity contribution is -0.141. The molecule has 1 aromatic carbocycles. The van der Waals surface area contributed by atoms with Gasteiger partial charge in [-0.15, -0.1) is 0 Å². The van der Waals surface area contributed by atoms with Gasteiger partial charge in [0.25, 0.3) is 0 Å². The molecule has 0 N–H and O–H groups in total. The second-order valence-corrected chi connectivity index (χ2v) is 4.11. The third-order valence-corrected chi connectivity index (χ3v) is 2.66. The first kappa shape index (κ1) is 15.3. The van der Waals surface area contributed by atoms with Gasteiger partial charge in [-0.1, -0.05) is 12.1 Å². The summed E-state index contributed by atoms with van der Waals surface area (Å²) in [5, 5.41) is 0. The van der Waals surface area contributed by atoms with Crippen LogP contribution in [0.25, 0.3) is 11.1 Å². The van der Waals surface area contributed by atoms with Crippen molar-refractivity contribution in [3.8, 4) is 11.1 Å². The molecule has 0 aliphatic rings. The van der Waals surface area contributed by atoms with Crippen molar-refractivity contribution in [2.24, 2.45) is 0 Å². The van der Waals surface area contributed by atoms with Crippen LogP contribution in [0.3, 0.4) is 0 Å². The Kier molecular flexibility index (Phi) is 3.65. The maximum atomic E-state index is 13.6. The number of pyridine rings is 1. The van der Waals surface area contributed by atoms with E-state index in [2.05, 4.69) is 4.98 Å². The van der Waals surface area contributed by atoms with Crippen LogP contribution in [0.4, 0.5) is 30.7 Å². The third kappa shape index (κ3) is 3.32. The van der Waals surface area contributed by atoms with Crippen molar-refractivity contribution in [1.29, 1.82) is 0 Å². The van der Waals surface area contributed by atoms with Gasteiger partial charge in [-0.25, -0.2) is 4.98 Å². The zero-order chi connectivity index (χ0) is 15.8. The highest BCUT2D eigenvalue weighted by atomic mass is 19.4. The summed E-state index contributed by atoms with van der Waals surface area (Å²) in [6.45, 7) is 0. The van der Waals surface area contributed by atoms with Gasteiger partial charge in [0.05, 0.1) is 5.56 Å². The number of benzene rings is 1. The van der Waals surface area contributed by atoms with E-state index >= 15 is 0 Å². The Labute approximate surface area is 114 Å². The number of alkyl halides is 6. The topological polar surface area (TPSA) is 12.9 Å². The Morgan fingerprint density at radius 3 is 1.71 bits per heavy atom. The zero-order valence-electron chi connectivity index (χ0n) is 10.1. The number of hydrogen-bond donors (Lipinski definition) is 0. The Bertz CT molecular complexity index is 641. The van der Waals surface area contributed by atoms with Crippen LogP contribution in [-0.4, -0.2) is 4.98 Å². The highest BCUT2D eigenvalue weighted by molar-refractivity contribution is 5.63. The number of nitrogens with zero attached hydrogens (tertiary/aromatic N) is 1. The predicted molar refractivity (Wildman–Crippen MR) is 59.6 cm³/mol. The molecule has 0 saturated heterocycles. The Morgan fingerprint density at radius 1 is 0.714 bits per heavy atom. The fourth-order valence-corrected chi connectivity index (χ4v) is 1.65. The van der Waals surface area contributed by atoms with E-state index in [1.54, 1.807) is 0 Å². The average Bonchev–Trinajstić information content (AvgIpc) is 2.36. The van der Waals surface area contributed by atoms with Gasteiger partial charge in [-0.05, 0) is 29.8 Å². The molecule has 1 heterocycles. The van der Waals surface area contributed by atoms with E-state index in [4.69, 9.17) is 0 Å². The number of hydrogen-bond acceptors (Lipinski definition) is 1. The first-order valence-electron chi connectivity index (χ1n) is 5.50. The summed E-state index contributed by atoms with van der Waals surface area (Å²) in [7, 11) is 0. The molecule has 0 fully saturated rings. The van der Waals surface area contributed by atoms with E-state index in [1.807, 2.05) is 0 Å². The van der Waals surface area contributed by atoms with Crippen LogP contribution >= 0.6 is 0 Å². The van der Waals surface area contributed by atoms with Crippen LogP contribution in [0.5, 0.6) is 0 Å². The Hall–Kier alpha value is -2.12. The third-order valence-electron chi connectivity index (χ3n) is 2.66. The van der Waals surface area contributed by atoms with Crippen LogP contribution in [0.2, 0.25) is 0 Å². The van der Waals surface area contributed by atoms with Gasteiger partial charge >= 0.3 is 12.4 Å². The average molecular weight is 309 g/mol. The van der Waals surface area contributed by atoms with Crippen molar-refractivity contribution in [3.05, 3.63) is 53.6 Å². The second kappa shape index (κ2) is 5.01. The summed E-state index contributed by atoms with van der Waals surface area (Å²) >= 11 is 0. The van der Waals surface area contributed by atoms with Crippen LogP contribution in [0.15, 0.2) is 36.4 Å². The molecule has 112 valence electrons. The fourth-order valence-electron chi connectivity index (χ4n) is 1.65. The normalized spacial score (nSPS) is 12.5. The van der Waals surface area contributed by atoms with Gasteiger partial charge in [0, 0.05) is 5.56 Å². The van der Waals surface area contributed by atoms with E-state index in [-0.39, 0.29) is 11.1 Å². The van der Waals surface area contributed by atoms with Crippen LogP contribution in [0.1, 0.15) is 11.3 Å². The molecule has 2 aromatic rings. The minimum Gasteiger partial charge on any atom is -0.215 e. The van der Waals surface area contributed by atoms with Gasteiger partial charge in [0.15, 0.2) is 0 Å². The van der Waals surface area contributed by atoms with Crippen LogP contribution in [-0.2, 0) is 12.4 Å². The van der Waals surface area contributed by atoms with Gasteiger partial charge in [-0.2, -0.15) is 30.7 Å². The van der Waals surface area contributed by atoms with E-state index < -0.39 is 29.6 Å². The minimum atomic E-state index is -4.79. The van der Waals surface area contributed by atoms with E-state index in [9.17, 15) is 30.7 Å². The molecule has 0 amide bonds. The molecule has 0 radical (unpaired) electrons. The molecule has 0 saturated carbocycles. The van der Waals surface area contributed by atoms with Crippen LogP contribution < -0.4 is 0 Å². The summed E-state index contributed by atoms with van der Waals surface area (Å²) in [5.74, 6) is -1.40. The van der Waals surface area contributed by atoms with Crippen molar-refractivity contribution >= 4 is 0 Å². The second-order valence-electron chi connectivity index (χ2n) is 4.11. The van der Waals surface area contributed by atoms with Gasteiger partial charge in [-0.3, -0.25) is 0 Å². The molecular formula is C13H6F7N. The van der Waals surface area contributed by atoms with Crippen molar-refractivity contribution in [3.63, 3.8) is 0 Å². The summed E-state index contributed by atoms with van der Waals surface area (Å²) in [6, 6.07) is 4.76. The number of rotatable bonds is 1. The summed E-state index contributed by atoms with van der Waals surface area (Å²) in [5.41, 5.74) is -2.65. The number of aromatic nitrogens is 1. The molecule has 1 aromatic heterocycles. The molecule has 8 heteroatoms. The smallest absolute Gasteiger partial charge is 0.215 e. The first-order chi connectivity index (χ1) is 9.59. The summed E-state index contributed by atoms with van der Waals surface area (Å²) in [6.07, 6.45) is -9.34. The molecule has 0 atom stereocenters. The van der Waals surface area contributed by atoms with Gasteiger partial charge in [0.1, 0.15) is 5.69 Å². The van der Waals surface area contributed by atoms with E-state index in [0.29, 0.717) is 18.2 Å². The molecule has 21 heavy (non-hydrogen) atoms. The molecule has 0 unspecified atom stereocenters. The lowest BCUT2D eigenvalue weighted by atomic mass is 10.0. The van der Waals surface area contributed by atoms with E-state index in [0.717, 1.165) is 18.2 Å². The van der Waals surface area contributed by atoms with Crippen molar-refractivity contribution in [2.75, 3.05) is 0 Å². The molecule has 2 rings (SSSR count).